The summed E-state index contributed by atoms with van der Waals surface area (Å²) in [4.78, 5) is 3.76. The molecule has 0 spiro atoms. The maximum absolute atomic E-state index is 13.0. The normalized spacial score (nSPS) is 16.0. The Morgan fingerprint density at radius 1 is 1.64 bits per heavy atom. The third-order valence-electron chi connectivity index (χ3n) is 1.18. The van der Waals surface area contributed by atoms with Crippen molar-refractivity contribution in [2.45, 2.75) is 11.9 Å². The average molecular weight is 192 g/mol. The van der Waals surface area contributed by atoms with E-state index in [-0.39, 0.29) is 10.8 Å². The zero-order chi connectivity index (χ0) is 8.48. The number of nitrogens with zero attached hydrogens (tertiary/aromatic N) is 1. The van der Waals surface area contributed by atoms with Gasteiger partial charge in [-0.1, -0.05) is 17.7 Å². The van der Waals surface area contributed by atoms with Crippen LogP contribution < -0.4 is 0 Å². The first kappa shape index (κ1) is 8.81. The Balaban J connectivity index is 3.06. The van der Waals surface area contributed by atoms with Gasteiger partial charge in [0.15, 0.2) is 5.00 Å². The van der Waals surface area contributed by atoms with Gasteiger partial charge in [-0.05, 0) is 19.1 Å². The van der Waals surface area contributed by atoms with Crippen molar-refractivity contribution >= 4 is 24.2 Å². The minimum atomic E-state index is -1.72. The predicted octanol–water partition coefficient (Wildman–Crippen LogP) is 2.81. The summed E-state index contributed by atoms with van der Waals surface area (Å²) in [5.41, 5.74) is 0.230. The second-order valence-corrected chi connectivity index (χ2v) is 3.53. The molecule has 0 N–H and O–H groups in total. The van der Waals surface area contributed by atoms with Crippen molar-refractivity contribution in [3.63, 3.8) is 0 Å². The summed E-state index contributed by atoms with van der Waals surface area (Å²) in [7, 11) is 0. The van der Waals surface area contributed by atoms with Crippen LogP contribution in [0.1, 0.15) is 12.6 Å². The van der Waals surface area contributed by atoms with Crippen LogP contribution in [0.5, 0.6) is 0 Å². The molecular weight excluding hydrogens is 185 g/mol. The summed E-state index contributed by atoms with van der Waals surface area (Å²) in [6.45, 7) is 1.31. The maximum atomic E-state index is 13.0. The topological polar surface area (TPSA) is 12.9 Å². The summed E-state index contributed by atoms with van der Waals surface area (Å²) in [6.07, 6.45) is 0. The van der Waals surface area contributed by atoms with Crippen molar-refractivity contribution in [1.82, 2.24) is 4.98 Å². The van der Waals surface area contributed by atoms with Crippen molar-refractivity contribution < 1.29 is 4.39 Å². The highest BCUT2D eigenvalue weighted by Gasteiger charge is 2.21. The summed E-state index contributed by atoms with van der Waals surface area (Å²) in [6, 6.07) is 4.77. The molecule has 0 saturated heterocycles. The SMILES string of the molecule is CC(F)(S)c1cccc(Cl)n1. The highest BCUT2D eigenvalue weighted by molar-refractivity contribution is 7.81. The molecule has 1 heterocycles. The molecule has 1 atom stereocenters. The molecule has 1 unspecified atom stereocenters. The molecule has 1 rings (SSSR count). The number of rotatable bonds is 1. The van der Waals surface area contributed by atoms with Crippen molar-refractivity contribution in [2.75, 3.05) is 0 Å². The van der Waals surface area contributed by atoms with Gasteiger partial charge in [0.25, 0.3) is 0 Å². The minimum absolute atomic E-state index is 0.230. The van der Waals surface area contributed by atoms with Crippen LogP contribution in [-0.4, -0.2) is 4.98 Å². The summed E-state index contributed by atoms with van der Waals surface area (Å²) >= 11 is 9.24. The lowest BCUT2D eigenvalue weighted by Gasteiger charge is -2.11. The number of hydrogen-bond acceptors (Lipinski definition) is 2. The van der Waals surface area contributed by atoms with E-state index in [1.165, 1.54) is 6.92 Å². The summed E-state index contributed by atoms with van der Waals surface area (Å²) < 4.78 is 13.0. The molecule has 0 aliphatic heterocycles. The fourth-order valence-electron chi connectivity index (χ4n) is 0.662. The van der Waals surface area contributed by atoms with Crippen molar-refractivity contribution in [3.05, 3.63) is 29.0 Å². The second-order valence-electron chi connectivity index (χ2n) is 2.30. The molecule has 0 bridgehead atoms. The van der Waals surface area contributed by atoms with Crippen LogP contribution in [0.25, 0.3) is 0 Å². The van der Waals surface area contributed by atoms with E-state index < -0.39 is 5.00 Å². The number of pyridine rings is 1. The van der Waals surface area contributed by atoms with E-state index in [2.05, 4.69) is 17.6 Å². The van der Waals surface area contributed by atoms with E-state index in [1.54, 1.807) is 18.2 Å². The molecule has 0 aliphatic carbocycles. The fraction of sp³-hybridized carbons (Fsp3) is 0.286. The molecule has 1 aromatic heterocycles. The van der Waals surface area contributed by atoms with Crippen LogP contribution in [0, 0.1) is 0 Å². The van der Waals surface area contributed by atoms with Gasteiger partial charge in [0, 0.05) is 0 Å². The van der Waals surface area contributed by atoms with Gasteiger partial charge in [-0.3, -0.25) is 0 Å². The second kappa shape index (κ2) is 2.99. The van der Waals surface area contributed by atoms with E-state index in [0.717, 1.165) is 0 Å². The Labute approximate surface area is 75.0 Å². The molecule has 0 amide bonds. The third kappa shape index (κ3) is 2.34. The highest BCUT2D eigenvalue weighted by Crippen LogP contribution is 2.28. The Hall–Kier alpha value is -0.280. The van der Waals surface area contributed by atoms with Gasteiger partial charge in [0.05, 0.1) is 5.69 Å². The number of halogens is 2. The van der Waals surface area contributed by atoms with Crippen LogP contribution in [0.3, 0.4) is 0 Å². The number of alkyl halides is 1. The van der Waals surface area contributed by atoms with Crippen LogP contribution in [0.2, 0.25) is 5.15 Å². The van der Waals surface area contributed by atoms with Crippen LogP contribution in [0.15, 0.2) is 18.2 Å². The van der Waals surface area contributed by atoms with Crippen LogP contribution in [0.4, 0.5) is 4.39 Å². The van der Waals surface area contributed by atoms with Crippen molar-refractivity contribution in [3.8, 4) is 0 Å². The number of hydrogen-bond donors (Lipinski definition) is 1. The van der Waals surface area contributed by atoms with Gasteiger partial charge < -0.3 is 0 Å². The van der Waals surface area contributed by atoms with Crippen LogP contribution >= 0.6 is 24.2 Å². The molecule has 0 aliphatic rings. The molecule has 0 aromatic carbocycles. The number of aromatic nitrogens is 1. The first-order valence-corrected chi connectivity index (χ1v) is 3.87. The highest BCUT2D eigenvalue weighted by atomic mass is 35.5. The molecule has 4 heteroatoms. The van der Waals surface area contributed by atoms with Gasteiger partial charge in [0.1, 0.15) is 5.15 Å². The van der Waals surface area contributed by atoms with Crippen molar-refractivity contribution in [2.24, 2.45) is 0 Å². The standard InChI is InChI=1S/C7H7ClFNS/c1-7(9,11)5-3-2-4-6(8)10-5/h2-4,11H,1H3. The Kier molecular flexibility index (Phi) is 2.40. The van der Waals surface area contributed by atoms with E-state index >= 15 is 0 Å². The smallest absolute Gasteiger partial charge is 0.192 e. The first-order chi connectivity index (χ1) is 5.00. The zero-order valence-corrected chi connectivity index (χ0v) is 7.53. The van der Waals surface area contributed by atoms with E-state index in [0.29, 0.717) is 0 Å². The van der Waals surface area contributed by atoms with Crippen molar-refractivity contribution in [1.29, 1.82) is 0 Å². The Morgan fingerprint density at radius 3 is 2.64 bits per heavy atom. The fourth-order valence-corrected chi connectivity index (χ4v) is 0.951. The Bertz CT molecular complexity index is 259. The molecule has 11 heavy (non-hydrogen) atoms. The first-order valence-electron chi connectivity index (χ1n) is 3.04. The minimum Gasteiger partial charge on any atom is -0.237 e. The quantitative estimate of drug-likeness (QED) is 0.532. The maximum Gasteiger partial charge on any atom is 0.192 e. The molecule has 0 fully saturated rings. The van der Waals surface area contributed by atoms with E-state index in [1.807, 2.05) is 0 Å². The lowest BCUT2D eigenvalue weighted by molar-refractivity contribution is 0.320. The monoisotopic (exact) mass is 191 g/mol. The third-order valence-corrected chi connectivity index (χ3v) is 1.62. The molecule has 1 nitrogen and oxygen atoms in total. The lowest BCUT2D eigenvalue weighted by atomic mass is 10.2. The largest absolute Gasteiger partial charge is 0.237 e. The summed E-state index contributed by atoms with van der Waals surface area (Å²) in [5.74, 6) is 0. The average Bonchev–Trinajstić information content (AvgIpc) is 1.86. The van der Waals surface area contributed by atoms with Crippen LogP contribution in [-0.2, 0) is 5.00 Å². The predicted molar refractivity (Wildman–Crippen MR) is 46.7 cm³/mol. The molecular formula is C7H7ClFNS. The summed E-state index contributed by atoms with van der Waals surface area (Å²) in [5, 5.41) is -1.44. The number of thiol groups is 1. The van der Waals surface area contributed by atoms with Gasteiger partial charge >= 0.3 is 0 Å². The molecule has 1 aromatic rings. The van der Waals surface area contributed by atoms with Gasteiger partial charge in [-0.2, -0.15) is 0 Å². The van der Waals surface area contributed by atoms with Gasteiger partial charge in [0.2, 0.25) is 0 Å². The molecule has 60 valence electrons. The molecule has 0 radical (unpaired) electrons. The Morgan fingerprint density at radius 2 is 2.27 bits per heavy atom. The van der Waals surface area contributed by atoms with E-state index in [9.17, 15) is 4.39 Å². The molecule has 0 saturated carbocycles. The van der Waals surface area contributed by atoms with Gasteiger partial charge in [-0.15, -0.1) is 12.6 Å². The lowest BCUT2D eigenvalue weighted by Crippen LogP contribution is -2.07. The van der Waals surface area contributed by atoms with Gasteiger partial charge in [-0.25, -0.2) is 9.37 Å². The zero-order valence-electron chi connectivity index (χ0n) is 5.88. The van der Waals surface area contributed by atoms with E-state index in [4.69, 9.17) is 11.6 Å².